The van der Waals surface area contributed by atoms with Crippen molar-refractivity contribution in [2.45, 2.75) is 25.0 Å². The van der Waals surface area contributed by atoms with Crippen molar-refractivity contribution in [2.75, 3.05) is 25.1 Å². The number of fused-ring (bicyclic) bond motifs is 3. The molecule has 2 bridgehead atoms. The maximum atomic E-state index is 9.51. The van der Waals surface area contributed by atoms with Crippen molar-refractivity contribution in [1.29, 1.82) is 5.26 Å². The van der Waals surface area contributed by atoms with Crippen LogP contribution in [0.5, 0.6) is 5.88 Å². The number of aromatic nitrogens is 4. The highest BCUT2D eigenvalue weighted by molar-refractivity contribution is 9.10. The lowest BCUT2D eigenvalue weighted by molar-refractivity contribution is -0.00876. The van der Waals surface area contributed by atoms with Gasteiger partial charge >= 0.3 is 0 Å². The van der Waals surface area contributed by atoms with E-state index in [-0.39, 0.29) is 12.1 Å². The molecule has 4 aromatic rings. The number of halogens is 1. The minimum absolute atomic E-state index is 0.0945. The van der Waals surface area contributed by atoms with Gasteiger partial charge in [-0.1, -0.05) is 6.07 Å². The molecular formula is C25H22BrN7O. The Bertz CT molecular complexity index is 1470. The van der Waals surface area contributed by atoms with Crippen LogP contribution in [0.1, 0.15) is 20.3 Å². The van der Waals surface area contributed by atoms with Gasteiger partial charge in [0.05, 0.1) is 24.4 Å². The fourth-order valence-electron chi connectivity index (χ4n) is 4.82. The molecule has 0 radical (unpaired) electrons. The Hall–Kier alpha value is -3.48. The quantitative estimate of drug-likeness (QED) is 0.397. The number of nitrogens with zero attached hydrogens (tertiary/aromatic N) is 7. The van der Waals surface area contributed by atoms with E-state index in [2.05, 4.69) is 37.0 Å². The minimum Gasteiger partial charge on any atom is -0.481 e. The summed E-state index contributed by atoms with van der Waals surface area (Å²) in [6.07, 6.45) is 7.74. The van der Waals surface area contributed by atoms with Crippen molar-refractivity contribution in [3.63, 3.8) is 0 Å². The third-order valence-electron chi connectivity index (χ3n) is 6.48. The molecule has 2 unspecified atom stereocenters. The standard InChI is InChI=1S/C25H22BrN7O/c1-34-24-5-2-16(9-29-24)12-32-20-7-21(32)15-31(14-20)23-4-3-17(10-28-23)22-6-19(26)13-33-25(22)18(8-27)11-30-33/h2-6,9-11,13,20-21H,7,12,14-15H2,1H3/i12D2. The molecule has 7 rings (SSSR count). The van der Waals surface area contributed by atoms with Gasteiger partial charge in [0.15, 0.2) is 0 Å². The molecule has 0 amide bonds. The van der Waals surface area contributed by atoms with Gasteiger partial charge in [-0.05, 0) is 46.1 Å². The van der Waals surface area contributed by atoms with E-state index in [0.717, 1.165) is 33.4 Å². The van der Waals surface area contributed by atoms with Crippen LogP contribution >= 0.6 is 15.9 Å². The molecule has 34 heavy (non-hydrogen) atoms. The number of ether oxygens (including phenoxy) is 1. The molecule has 0 spiro atoms. The number of methoxy groups -OCH3 is 1. The SMILES string of the molecule is [2H]C([2H])(c1ccc(OC)nc1)N1C2CC1CN(c1ccc(-c3cc(Br)cn4ncc(C#N)c34)cn1)C2. The Labute approximate surface area is 208 Å². The zero-order valence-electron chi connectivity index (χ0n) is 20.4. The van der Waals surface area contributed by atoms with E-state index in [1.807, 2.05) is 35.5 Å². The second-order valence-electron chi connectivity index (χ2n) is 8.50. The van der Waals surface area contributed by atoms with E-state index in [1.165, 1.54) is 0 Å². The van der Waals surface area contributed by atoms with Gasteiger partial charge in [0.1, 0.15) is 11.9 Å². The van der Waals surface area contributed by atoms with Crippen LogP contribution in [0.4, 0.5) is 5.82 Å². The first-order valence-electron chi connectivity index (χ1n) is 12.0. The summed E-state index contributed by atoms with van der Waals surface area (Å²) in [6.45, 7) is -0.200. The Kier molecular flexibility index (Phi) is 4.66. The summed E-state index contributed by atoms with van der Waals surface area (Å²) in [5, 5.41) is 13.8. The van der Waals surface area contributed by atoms with E-state index < -0.39 is 6.50 Å². The molecule has 170 valence electrons. The van der Waals surface area contributed by atoms with Crippen LogP contribution in [-0.2, 0) is 6.50 Å². The van der Waals surface area contributed by atoms with Crippen molar-refractivity contribution in [3.05, 3.63) is 70.7 Å². The maximum absolute atomic E-state index is 9.51. The van der Waals surface area contributed by atoms with E-state index in [1.54, 1.807) is 36.2 Å². The lowest BCUT2D eigenvalue weighted by atomic mass is 9.87. The fraction of sp³-hybridized carbons (Fsp3) is 0.280. The zero-order chi connectivity index (χ0) is 25.0. The van der Waals surface area contributed by atoms with Crippen LogP contribution in [0.15, 0.2) is 59.6 Å². The molecule has 7 heterocycles. The number of rotatable bonds is 5. The lowest BCUT2D eigenvalue weighted by Crippen LogP contribution is -2.68. The second kappa shape index (κ2) is 8.38. The summed E-state index contributed by atoms with van der Waals surface area (Å²) in [4.78, 5) is 13.1. The number of piperidine rings is 1. The van der Waals surface area contributed by atoms with Gasteiger partial charge in [-0.25, -0.2) is 14.5 Å². The molecule has 4 aromatic heterocycles. The van der Waals surface area contributed by atoms with Crippen LogP contribution in [0.2, 0.25) is 0 Å². The van der Waals surface area contributed by atoms with Gasteiger partial charge in [0, 0.05) is 74.7 Å². The summed E-state index contributed by atoms with van der Waals surface area (Å²) >= 11 is 3.53. The minimum atomic E-state index is -1.61. The van der Waals surface area contributed by atoms with Crippen molar-refractivity contribution in [3.8, 4) is 23.1 Å². The number of nitriles is 1. The van der Waals surface area contributed by atoms with Crippen molar-refractivity contribution in [1.82, 2.24) is 24.5 Å². The highest BCUT2D eigenvalue weighted by Gasteiger charge is 2.44. The van der Waals surface area contributed by atoms with Gasteiger partial charge in [0.25, 0.3) is 0 Å². The molecule has 3 fully saturated rings. The molecule has 0 aromatic carbocycles. The smallest absolute Gasteiger partial charge is 0.212 e. The molecule has 2 atom stereocenters. The number of hydrogen-bond acceptors (Lipinski definition) is 7. The second-order valence-corrected chi connectivity index (χ2v) is 9.41. The molecule has 8 nitrogen and oxygen atoms in total. The highest BCUT2D eigenvalue weighted by atomic mass is 79.9. The monoisotopic (exact) mass is 517 g/mol. The third-order valence-corrected chi connectivity index (χ3v) is 6.91. The normalized spacial score (nSPS) is 20.9. The molecule has 0 aliphatic carbocycles. The predicted molar refractivity (Wildman–Crippen MR) is 132 cm³/mol. The molecule has 3 saturated heterocycles. The van der Waals surface area contributed by atoms with Crippen molar-refractivity contribution < 1.29 is 7.48 Å². The first kappa shape index (κ1) is 18.9. The number of pyridine rings is 3. The van der Waals surface area contributed by atoms with E-state index in [0.29, 0.717) is 30.1 Å². The average molecular weight is 518 g/mol. The Morgan fingerprint density at radius 2 is 2.03 bits per heavy atom. The molecule has 0 saturated carbocycles. The Morgan fingerprint density at radius 1 is 1.18 bits per heavy atom. The number of hydrogen-bond donors (Lipinski definition) is 0. The topological polar surface area (TPSA) is 82.6 Å². The zero-order valence-corrected chi connectivity index (χ0v) is 20.0. The summed E-state index contributed by atoms with van der Waals surface area (Å²) in [5.74, 6) is 1.33. The summed E-state index contributed by atoms with van der Waals surface area (Å²) in [7, 11) is 1.55. The van der Waals surface area contributed by atoms with Gasteiger partial charge in [-0.2, -0.15) is 10.4 Å². The van der Waals surface area contributed by atoms with Gasteiger partial charge in [-0.15, -0.1) is 0 Å². The largest absolute Gasteiger partial charge is 0.481 e. The molecule has 9 heteroatoms. The Morgan fingerprint density at radius 3 is 2.71 bits per heavy atom. The van der Waals surface area contributed by atoms with Crippen LogP contribution in [0, 0.1) is 11.3 Å². The fourth-order valence-corrected chi connectivity index (χ4v) is 5.24. The molecule has 3 aliphatic rings. The highest BCUT2D eigenvalue weighted by Crippen LogP contribution is 2.36. The predicted octanol–water partition coefficient (Wildman–Crippen LogP) is 3.90. The molecule has 3 aliphatic heterocycles. The van der Waals surface area contributed by atoms with E-state index >= 15 is 0 Å². The maximum Gasteiger partial charge on any atom is 0.212 e. The van der Waals surface area contributed by atoms with Crippen LogP contribution in [-0.4, -0.2) is 56.8 Å². The van der Waals surface area contributed by atoms with Crippen LogP contribution < -0.4 is 9.64 Å². The summed E-state index contributed by atoms with van der Waals surface area (Å²) in [5.41, 5.74) is 3.57. The van der Waals surface area contributed by atoms with Gasteiger partial charge in [-0.3, -0.25) is 4.90 Å². The Balaban J connectivity index is 1.22. The first-order valence-corrected chi connectivity index (χ1v) is 11.8. The number of anilines is 1. The number of piperazine rings is 1. The van der Waals surface area contributed by atoms with Crippen molar-refractivity contribution in [2.24, 2.45) is 0 Å². The third kappa shape index (κ3) is 3.59. The van der Waals surface area contributed by atoms with Crippen LogP contribution in [0.25, 0.3) is 16.6 Å². The van der Waals surface area contributed by atoms with Gasteiger partial charge < -0.3 is 9.64 Å². The van der Waals surface area contributed by atoms with Crippen LogP contribution in [0.3, 0.4) is 0 Å². The average Bonchev–Trinajstić information content (AvgIpc) is 3.31. The molecule has 0 N–H and O–H groups in total. The van der Waals surface area contributed by atoms with E-state index in [9.17, 15) is 5.26 Å². The van der Waals surface area contributed by atoms with E-state index in [4.69, 9.17) is 12.5 Å². The molecular weight excluding hydrogens is 494 g/mol. The summed E-state index contributed by atoms with van der Waals surface area (Å²) in [6, 6.07) is 11.8. The van der Waals surface area contributed by atoms with Crippen molar-refractivity contribution >= 4 is 27.3 Å². The first-order chi connectivity index (χ1) is 17.4. The van der Waals surface area contributed by atoms with Gasteiger partial charge in [0.2, 0.25) is 5.88 Å². The lowest BCUT2D eigenvalue weighted by Gasteiger charge is -2.56. The summed E-state index contributed by atoms with van der Waals surface area (Å²) < 4.78 is 25.3.